The number of amides is 1. The zero-order valence-electron chi connectivity index (χ0n) is 9.42. The number of carbonyl (C=O) groups excluding carboxylic acids is 1. The van der Waals surface area contributed by atoms with Crippen molar-refractivity contribution in [2.45, 2.75) is 32.6 Å². The predicted octanol–water partition coefficient (Wildman–Crippen LogP) is 2.51. The van der Waals surface area contributed by atoms with Crippen molar-refractivity contribution in [2.24, 2.45) is 17.8 Å². The average Bonchev–Trinajstić information content (AvgIpc) is 2.17. The van der Waals surface area contributed by atoms with E-state index in [1.54, 1.807) is 0 Å². The fourth-order valence-electron chi connectivity index (χ4n) is 2.61. The van der Waals surface area contributed by atoms with Crippen LogP contribution < -0.4 is 0 Å². The highest BCUT2D eigenvalue weighted by molar-refractivity contribution is 6.18. The van der Waals surface area contributed by atoms with Gasteiger partial charge in [-0.15, -0.1) is 11.6 Å². The molecule has 0 bridgehead atoms. The first kappa shape index (κ1) is 11.3. The van der Waals surface area contributed by atoms with Crippen LogP contribution in [0.2, 0.25) is 0 Å². The van der Waals surface area contributed by atoms with Crippen LogP contribution >= 0.6 is 11.6 Å². The molecule has 1 heterocycles. The van der Waals surface area contributed by atoms with E-state index in [0.717, 1.165) is 31.8 Å². The van der Waals surface area contributed by atoms with Crippen molar-refractivity contribution in [3.63, 3.8) is 0 Å². The van der Waals surface area contributed by atoms with E-state index < -0.39 is 0 Å². The molecular formula is C12H20ClNO. The van der Waals surface area contributed by atoms with E-state index in [2.05, 4.69) is 6.92 Å². The number of hydrogen-bond donors (Lipinski definition) is 0. The number of alkyl halides is 1. The maximum Gasteiger partial charge on any atom is 0.225 e. The maximum atomic E-state index is 12.0. The molecule has 1 aliphatic carbocycles. The summed E-state index contributed by atoms with van der Waals surface area (Å²) in [5.41, 5.74) is 0. The molecule has 2 fully saturated rings. The molecule has 86 valence electrons. The molecule has 0 unspecified atom stereocenters. The van der Waals surface area contributed by atoms with Gasteiger partial charge in [-0.05, 0) is 31.6 Å². The van der Waals surface area contributed by atoms with Gasteiger partial charge in [-0.1, -0.05) is 6.92 Å². The largest absolute Gasteiger partial charge is 0.342 e. The van der Waals surface area contributed by atoms with Crippen molar-refractivity contribution in [1.29, 1.82) is 0 Å². The van der Waals surface area contributed by atoms with Gasteiger partial charge in [0.2, 0.25) is 5.91 Å². The van der Waals surface area contributed by atoms with Gasteiger partial charge in [0.1, 0.15) is 0 Å². The molecule has 2 nitrogen and oxygen atoms in total. The fourth-order valence-corrected chi connectivity index (χ4v) is 2.81. The van der Waals surface area contributed by atoms with E-state index in [0.29, 0.717) is 23.6 Å². The van der Waals surface area contributed by atoms with Crippen molar-refractivity contribution >= 4 is 17.5 Å². The van der Waals surface area contributed by atoms with E-state index in [9.17, 15) is 4.79 Å². The van der Waals surface area contributed by atoms with Crippen LogP contribution in [-0.2, 0) is 4.79 Å². The molecule has 0 radical (unpaired) electrons. The molecule has 2 rings (SSSR count). The van der Waals surface area contributed by atoms with Crippen LogP contribution in [0.1, 0.15) is 32.6 Å². The van der Waals surface area contributed by atoms with Gasteiger partial charge in [0, 0.05) is 30.8 Å². The van der Waals surface area contributed by atoms with E-state index >= 15 is 0 Å². The number of halogens is 1. The summed E-state index contributed by atoms with van der Waals surface area (Å²) in [5, 5.41) is 0. The summed E-state index contributed by atoms with van der Waals surface area (Å²) >= 11 is 5.74. The first-order valence-electron chi connectivity index (χ1n) is 6.05. The molecule has 0 atom stereocenters. The molecular weight excluding hydrogens is 210 g/mol. The zero-order valence-corrected chi connectivity index (χ0v) is 10.2. The Balaban J connectivity index is 1.77. The van der Waals surface area contributed by atoms with Crippen LogP contribution in [0.3, 0.4) is 0 Å². The van der Waals surface area contributed by atoms with Crippen molar-refractivity contribution < 1.29 is 4.79 Å². The normalized spacial score (nSPS) is 32.5. The van der Waals surface area contributed by atoms with Crippen LogP contribution in [0.5, 0.6) is 0 Å². The molecule has 1 aliphatic heterocycles. The van der Waals surface area contributed by atoms with Crippen LogP contribution in [0.4, 0.5) is 0 Å². The van der Waals surface area contributed by atoms with Crippen LogP contribution in [0.15, 0.2) is 0 Å². The summed E-state index contributed by atoms with van der Waals surface area (Å²) in [6.45, 7) is 4.08. The fraction of sp³-hybridized carbons (Fsp3) is 0.917. The molecule has 2 aliphatic rings. The second-order valence-electron chi connectivity index (χ2n) is 5.22. The Morgan fingerprint density at radius 1 is 1.27 bits per heavy atom. The van der Waals surface area contributed by atoms with Crippen molar-refractivity contribution in [1.82, 2.24) is 4.90 Å². The summed E-state index contributed by atoms with van der Waals surface area (Å²) in [6, 6.07) is 0. The van der Waals surface area contributed by atoms with Gasteiger partial charge in [0.25, 0.3) is 0 Å². The van der Waals surface area contributed by atoms with Gasteiger partial charge in [-0.3, -0.25) is 4.79 Å². The van der Waals surface area contributed by atoms with E-state index in [-0.39, 0.29) is 0 Å². The standard InChI is InChI=1S/C12H20ClNO/c1-9-2-4-11(5-3-9)12(15)14-7-10(6-13)8-14/h9-11H,2-8H2,1H3. The van der Waals surface area contributed by atoms with Crippen molar-refractivity contribution in [3.8, 4) is 0 Å². The smallest absolute Gasteiger partial charge is 0.225 e. The second-order valence-corrected chi connectivity index (χ2v) is 5.53. The van der Waals surface area contributed by atoms with E-state index in [1.807, 2.05) is 4.90 Å². The van der Waals surface area contributed by atoms with E-state index in [4.69, 9.17) is 11.6 Å². The summed E-state index contributed by atoms with van der Waals surface area (Å²) in [7, 11) is 0. The summed E-state index contributed by atoms with van der Waals surface area (Å²) < 4.78 is 0. The molecule has 0 spiro atoms. The van der Waals surface area contributed by atoms with Gasteiger partial charge < -0.3 is 4.90 Å². The monoisotopic (exact) mass is 229 g/mol. The Kier molecular flexibility index (Phi) is 3.55. The number of hydrogen-bond acceptors (Lipinski definition) is 1. The molecule has 0 aromatic rings. The molecule has 1 amide bonds. The lowest BCUT2D eigenvalue weighted by Gasteiger charge is -2.41. The third-order valence-corrected chi connectivity index (χ3v) is 4.29. The quantitative estimate of drug-likeness (QED) is 0.667. The van der Waals surface area contributed by atoms with Gasteiger partial charge >= 0.3 is 0 Å². The summed E-state index contributed by atoms with van der Waals surface area (Å²) in [4.78, 5) is 14.0. The Bertz CT molecular complexity index is 230. The molecule has 1 saturated heterocycles. The van der Waals surface area contributed by atoms with Crippen LogP contribution in [0.25, 0.3) is 0 Å². The van der Waals surface area contributed by atoms with E-state index in [1.165, 1.54) is 12.8 Å². The molecule has 0 N–H and O–H groups in total. The van der Waals surface area contributed by atoms with Crippen LogP contribution in [-0.4, -0.2) is 29.8 Å². The number of carbonyl (C=O) groups is 1. The Labute approximate surface area is 97.0 Å². The lowest BCUT2D eigenvalue weighted by molar-refractivity contribution is -0.142. The SMILES string of the molecule is CC1CCC(C(=O)N2CC(CCl)C2)CC1. The lowest BCUT2D eigenvalue weighted by atomic mass is 9.81. The number of rotatable bonds is 2. The van der Waals surface area contributed by atoms with Gasteiger partial charge in [0.15, 0.2) is 0 Å². The second kappa shape index (κ2) is 4.73. The predicted molar refractivity (Wildman–Crippen MR) is 61.9 cm³/mol. The first-order chi connectivity index (χ1) is 7.20. The van der Waals surface area contributed by atoms with Gasteiger partial charge in [-0.2, -0.15) is 0 Å². The minimum atomic E-state index is 0.317. The minimum absolute atomic E-state index is 0.317. The molecule has 1 saturated carbocycles. The Morgan fingerprint density at radius 2 is 1.87 bits per heavy atom. The number of likely N-dealkylation sites (tertiary alicyclic amines) is 1. The zero-order chi connectivity index (χ0) is 10.8. The molecule has 3 heteroatoms. The molecule has 0 aromatic carbocycles. The Hall–Kier alpha value is -0.240. The summed E-state index contributed by atoms with van der Waals surface area (Å²) in [6.07, 6.45) is 4.65. The highest BCUT2D eigenvalue weighted by Crippen LogP contribution is 2.31. The maximum absolute atomic E-state index is 12.0. The van der Waals surface area contributed by atoms with Crippen LogP contribution in [0, 0.1) is 17.8 Å². The topological polar surface area (TPSA) is 20.3 Å². The third-order valence-electron chi connectivity index (χ3n) is 3.85. The average molecular weight is 230 g/mol. The van der Waals surface area contributed by atoms with Crippen molar-refractivity contribution in [2.75, 3.05) is 19.0 Å². The minimum Gasteiger partial charge on any atom is -0.342 e. The third kappa shape index (κ3) is 2.47. The lowest BCUT2D eigenvalue weighted by Crippen LogP contribution is -2.53. The van der Waals surface area contributed by atoms with Gasteiger partial charge in [-0.25, -0.2) is 0 Å². The highest BCUT2D eigenvalue weighted by Gasteiger charge is 2.34. The molecule has 0 aromatic heterocycles. The highest BCUT2D eigenvalue weighted by atomic mass is 35.5. The Morgan fingerprint density at radius 3 is 2.40 bits per heavy atom. The summed E-state index contributed by atoms with van der Waals surface area (Å²) in [5.74, 6) is 2.78. The van der Waals surface area contributed by atoms with Crippen molar-refractivity contribution in [3.05, 3.63) is 0 Å². The number of nitrogens with zero attached hydrogens (tertiary/aromatic N) is 1. The van der Waals surface area contributed by atoms with Gasteiger partial charge in [0.05, 0.1) is 0 Å². The molecule has 15 heavy (non-hydrogen) atoms. The first-order valence-corrected chi connectivity index (χ1v) is 6.59.